The third kappa shape index (κ3) is 5.21. The van der Waals surface area contributed by atoms with Gasteiger partial charge in [0.1, 0.15) is 10.6 Å². The highest BCUT2D eigenvalue weighted by atomic mass is 32.2. The molecular weight excluding hydrogens is 468 g/mol. The number of nitro benzene ring substituents is 1. The fourth-order valence-corrected chi connectivity index (χ4v) is 4.71. The van der Waals surface area contributed by atoms with Gasteiger partial charge in [-0.2, -0.15) is 4.31 Å². The van der Waals surface area contributed by atoms with Crippen LogP contribution in [-0.4, -0.2) is 54.0 Å². The van der Waals surface area contributed by atoms with Crippen molar-refractivity contribution < 1.29 is 32.0 Å². The van der Waals surface area contributed by atoms with Crippen molar-refractivity contribution in [1.82, 2.24) is 14.5 Å². The van der Waals surface area contributed by atoms with Gasteiger partial charge in [0, 0.05) is 30.8 Å². The maximum Gasteiger partial charge on any atom is 0.338 e. The zero-order valence-electron chi connectivity index (χ0n) is 18.6. The monoisotopic (exact) mass is 490 g/mol. The van der Waals surface area contributed by atoms with Crippen LogP contribution in [0.5, 0.6) is 5.75 Å². The predicted octanol–water partition coefficient (Wildman–Crippen LogP) is 3.04. The van der Waals surface area contributed by atoms with Gasteiger partial charge in [0.05, 0.1) is 17.6 Å². The molecule has 0 saturated heterocycles. The number of hydrogen-bond acceptors (Lipinski definition) is 10. The van der Waals surface area contributed by atoms with Crippen molar-refractivity contribution in [3.8, 4) is 17.2 Å². The number of hydrogen-bond donors (Lipinski definition) is 0. The maximum absolute atomic E-state index is 12.9. The molecule has 0 aliphatic rings. The van der Waals surface area contributed by atoms with Crippen molar-refractivity contribution in [3.05, 3.63) is 64.0 Å². The van der Waals surface area contributed by atoms with Crippen LogP contribution in [0.4, 0.5) is 5.69 Å². The summed E-state index contributed by atoms with van der Waals surface area (Å²) in [6.07, 6.45) is 0. The lowest BCUT2D eigenvalue weighted by molar-refractivity contribution is -0.384. The number of nitro groups is 1. The number of benzene rings is 2. The van der Waals surface area contributed by atoms with E-state index in [4.69, 9.17) is 13.9 Å². The van der Waals surface area contributed by atoms with E-state index in [0.29, 0.717) is 5.56 Å². The Morgan fingerprint density at radius 3 is 2.38 bits per heavy atom. The minimum atomic E-state index is -3.89. The second-order valence-electron chi connectivity index (χ2n) is 6.84. The van der Waals surface area contributed by atoms with Crippen LogP contribution in [0.3, 0.4) is 0 Å². The van der Waals surface area contributed by atoms with Crippen LogP contribution in [0, 0.1) is 10.1 Å². The molecule has 0 saturated carbocycles. The molecule has 0 aliphatic carbocycles. The second-order valence-corrected chi connectivity index (χ2v) is 8.74. The molecule has 3 aromatic rings. The number of rotatable bonds is 10. The van der Waals surface area contributed by atoms with Crippen LogP contribution in [0.25, 0.3) is 11.5 Å². The molecule has 3 rings (SSSR count). The van der Waals surface area contributed by atoms with Gasteiger partial charge in [0.25, 0.3) is 11.6 Å². The molecule has 0 bridgehead atoms. The standard InChI is InChI=1S/C21H22N4O8S/c1-4-24(5-2)34(29,30)18-12-15(8-11-17(18)31-3)21(26)32-13-19-22-23-20(33-19)14-6-9-16(10-7-14)25(27)28/h6-12H,4-5,13H2,1-3H3. The molecule has 0 unspecified atom stereocenters. The first kappa shape index (κ1) is 24.8. The number of sulfonamides is 1. The van der Waals surface area contributed by atoms with E-state index in [1.807, 2.05) is 0 Å². The quantitative estimate of drug-likeness (QED) is 0.235. The summed E-state index contributed by atoms with van der Waals surface area (Å²) in [5, 5.41) is 18.4. The Bertz CT molecular complexity index is 1280. The third-order valence-corrected chi connectivity index (χ3v) is 6.91. The first-order valence-electron chi connectivity index (χ1n) is 10.1. The fraction of sp³-hybridized carbons (Fsp3) is 0.286. The summed E-state index contributed by atoms with van der Waals surface area (Å²) in [7, 11) is -2.55. The van der Waals surface area contributed by atoms with Crippen LogP contribution < -0.4 is 4.74 Å². The van der Waals surface area contributed by atoms with E-state index in [1.165, 1.54) is 53.9 Å². The molecule has 0 N–H and O–H groups in total. The van der Waals surface area contributed by atoms with Crippen LogP contribution in [0.15, 0.2) is 51.8 Å². The van der Waals surface area contributed by atoms with Gasteiger partial charge in [0.2, 0.25) is 15.9 Å². The van der Waals surface area contributed by atoms with Crippen molar-refractivity contribution in [2.24, 2.45) is 0 Å². The number of aromatic nitrogens is 2. The molecule has 2 aromatic carbocycles. The van der Waals surface area contributed by atoms with Crippen molar-refractivity contribution in [2.45, 2.75) is 25.3 Å². The maximum atomic E-state index is 12.9. The summed E-state index contributed by atoms with van der Waals surface area (Å²) in [6.45, 7) is 3.57. The molecule has 0 amide bonds. The Morgan fingerprint density at radius 1 is 1.12 bits per heavy atom. The van der Waals surface area contributed by atoms with Crippen molar-refractivity contribution in [3.63, 3.8) is 0 Å². The summed E-state index contributed by atoms with van der Waals surface area (Å²) in [5.41, 5.74) is 0.373. The van der Waals surface area contributed by atoms with Gasteiger partial charge >= 0.3 is 5.97 Å². The highest BCUT2D eigenvalue weighted by molar-refractivity contribution is 7.89. The highest BCUT2D eigenvalue weighted by Crippen LogP contribution is 2.28. The Kier molecular flexibility index (Phi) is 7.58. The fourth-order valence-electron chi connectivity index (χ4n) is 3.07. The minimum Gasteiger partial charge on any atom is -0.495 e. The zero-order valence-corrected chi connectivity index (χ0v) is 19.4. The molecule has 1 heterocycles. The lowest BCUT2D eigenvalue weighted by Gasteiger charge is -2.20. The minimum absolute atomic E-state index is 0.00152. The lowest BCUT2D eigenvalue weighted by Crippen LogP contribution is -2.31. The van der Waals surface area contributed by atoms with Gasteiger partial charge in [-0.3, -0.25) is 10.1 Å². The SMILES string of the molecule is CCN(CC)S(=O)(=O)c1cc(C(=O)OCc2nnc(-c3ccc([N+](=O)[O-])cc3)o2)ccc1OC. The van der Waals surface area contributed by atoms with E-state index in [0.717, 1.165) is 0 Å². The number of nitrogens with zero attached hydrogens (tertiary/aromatic N) is 4. The number of esters is 1. The largest absolute Gasteiger partial charge is 0.495 e. The molecule has 0 aliphatic heterocycles. The Hall–Kier alpha value is -3.84. The summed E-state index contributed by atoms with van der Waals surface area (Å²) in [5.74, 6) is -0.606. The van der Waals surface area contributed by atoms with Crippen LogP contribution in [-0.2, 0) is 21.4 Å². The van der Waals surface area contributed by atoms with E-state index in [-0.39, 0.29) is 53.4 Å². The second kappa shape index (κ2) is 10.4. The van der Waals surface area contributed by atoms with E-state index in [9.17, 15) is 23.3 Å². The summed E-state index contributed by atoms with van der Waals surface area (Å²) in [4.78, 5) is 22.6. The summed E-state index contributed by atoms with van der Waals surface area (Å²) >= 11 is 0. The molecule has 0 radical (unpaired) electrons. The summed E-state index contributed by atoms with van der Waals surface area (Å²) in [6, 6.07) is 9.47. The van der Waals surface area contributed by atoms with Gasteiger partial charge in [-0.05, 0) is 30.3 Å². The van der Waals surface area contributed by atoms with Crippen molar-refractivity contribution in [1.29, 1.82) is 0 Å². The normalized spacial score (nSPS) is 11.4. The average Bonchev–Trinajstić information content (AvgIpc) is 3.32. The van der Waals surface area contributed by atoms with Crippen LogP contribution in [0.2, 0.25) is 0 Å². The molecular formula is C21H22N4O8S. The number of carbonyl (C=O) groups excluding carboxylic acids is 1. The van der Waals surface area contributed by atoms with E-state index >= 15 is 0 Å². The Morgan fingerprint density at radius 2 is 1.79 bits per heavy atom. The Balaban J connectivity index is 1.75. The van der Waals surface area contributed by atoms with E-state index in [2.05, 4.69) is 10.2 Å². The number of carbonyl (C=O) groups is 1. The van der Waals surface area contributed by atoms with Crippen molar-refractivity contribution >= 4 is 21.7 Å². The van der Waals surface area contributed by atoms with E-state index < -0.39 is 20.9 Å². The van der Waals surface area contributed by atoms with Gasteiger partial charge < -0.3 is 13.9 Å². The highest BCUT2D eigenvalue weighted by Gasteiger charge is 2.27. The molecule has 0 spiro atoms. The lowest BCUT2D eigenvalue weighted by atomic mass is 10.2. The van der Waals surface area contributed by atoms with Gasteiger partial charge in [-0.1, -0.05) is 13.8 Å². The topological polar surface area (TPSA) is 155 Å². The smallest absolute Gasteiger partial charge is 0.338 e. The van der Waals surface area contributed by atoms with E-state index in [1.54, 1.807) is 13.8 Å². The predicted molar refractivity (Wildman–Crippen MR) is 119 cm³/mol. The third-order valence-electron chi connectivity index (χ3n) is 4.84. The first-order chi connectivity index (χ1) is 16.2. The molecule has 13 heteroatoms. The van der Waals surface area contributed by atoms with Crippen LogP contribution >= 0.6 is 0 Å². The molecule has 180 valence electrons. The number of methoxy groups -OCH3 is 1. The van der Waals surface area contributed by atoms with Gasteiger partial charge in [-0.15, -0.1) is 10.2 Å². The summed E-state index contributed by atoms with van der Waals surface area (Å²) < 4.78 is 42.9. The molecule has 0 atom stereocenters. The first-order valence-corrected chi connectivity index (χ1v) is 11.6. The van der Waals surface area contributed by atoms with Gasteiger partial charge in [0.15, 0.2) is 6.61 Å². The average molecular weight is 490 g/mol. The molecule has 0 fully saturated rings. The van der Waals surface area contributed by atoms with Gasteiger partial charge in [-0.25, -0.2) is 13.2 Å². The molecule has 34 heavy (non-hydrogen) atoms. The number of non-ortho nitro benzene ring substituents is 1. The van der Waals surface area contributed by atoms with Crippen LogP contribution in [0.1, 0.15) is 30.1 Å². The Labute approximate surface area is 195 Å². The zero-order chi connectivity index (χ0) is 24.9. The molecule has 12 nitrogen and oxygen atoms in total. The molecule has 1 aromatic heterocycles. The van der Waals surface area contributed by atoms with Crippen molar-refractivity contribution in [2.75, 3.05) is 20.2 Å². The number of ether oxygens (including phenoxy) is 2.